The minimum absolute atomic E-state index is 0.236. The molecule has 0 spiro atoms. The molecule has 0 saturated heterocycles. The fourth-order valence-corrected chi connectivity index (χ4v) is 1.55. The number of anilines is 1. The summed E-state index contributed by atoms with van der Waals surface area (Å²) >= 11 is 0. The van der Waals surface area contributed by atoms with Crippen molar-refractivity contribution >= 4 is 23.6 Å². The number of hydrogen-bond donors (Lipinski definition) is 3. The third-order valence-corrected chi connectivity index (χ3v) is 2.68. The van der Waals surface area contributed by atoms with Gasteiger partial charge in [-0.15, -0.1) is 0 Å². The molecule has 21 heavy (non-hydrogen) atoms. The van der Waals surface area contributed by atoms with Crippen molar-refractivity contribution < 1.29 is 29.3 Å². The lowest BCUT2D eigenvalue weighted by Crippen LogP contribution is -2.49. The Bertz CT molecular complexity index is 519. The molecule has 4 N–H and O–H groups in total. The van der Waals surface area contributed by atoms with Crippen LogP contribution in [0.3, 0.4) is 0 Å². The summed E-state index contributed by atoms with van der Waals surface area (Å²) in [5.74, 6) is -4.06. The van der Waals surface area contributed by atoms with Crippen LogP contribution in [0.25, 0.3) is 0 Å². The number of nitrogens with two attached hydrogens (primary N) is 1. The predicted molar refractivity (Wildman–Crippen MR) is 72.8 cm³/mol. The highest BCUT2D eigenvalue weighted by Crippen LogP contribution is 2.11. The fraction of sp³-hybridized carbons (Fsp3) is 0.308. The van der Waals surface area contributed by atoms with Crippen LogP contribution in [-0.2, 0) is 19.1 Å². The van der Waals surface area contributed by atoms with E-state index < -0.39 is 30.1 Å². The molecule has 0 aliphatic heterocycles. The molecule has 1 unspecified atom stereocenters. The van der Waals surface area contributed by atoms with Gasteiger partial charge in [0.05, 0.1) is 0 Å². The van der Waals surface area contributed by atoms with Gasteiger partial charge in [-0.2, -0.15) is 0 Å². The molecule has 0 heterocycles. The third kappa shape index (κ3) is 4.77. The largest absolute Gasteiger partial charge is 0.480 e. The van der Waals surface area contributed by atoms with Gasteiger partial charge in [-0.05, 0) is 12.1 Å². The van der Waals surface area contributed by atoms with E-state index in [1.54, 1.807) is 31.3 Å². The predicted octanol–water partition coefficient (Wildman–Crippen LogP) is -0.469. The van der Waals surface area contributed by atoms with Crippen LogP contribution in [0.15, 0.2) is 30.3 Å². The number of ether oxygens (including phenoxy) is 1. The average Bonchev–Trinajstić information content (AvgIpc) is 2.44. The number of rotatable bonds is 7. The van der Waals surface area contributed by atoms with Gasteiger partial charge in [0.2, 0.25) is 6.10 Å². The minimum atomic E-state index is -1.93. The molecule has 1 aromatic rings. The molecule has 0 aliphatic carbocycles. The van der Waals surface area contributed by atoms with E-state index in [4.69, 9.17) is 15.9 Å². The number of hydrogen-bond acceptors (Lipinski definition) is 6. The molecular formula is C13H16N2O6. The summed E-state index contributed by atoms with van der Waals surface area (Å²) in [6, 6.07) is 7.04. The van der Waals surface area contributed by atoms with Crippen LogP contribution >= 0.6 is 0 Å². The molecule has 0 aromatic heterocycles. The number of carboxylic acids is 2. The van der Waals surface area contributed by atoms with E-state index in [1.807, 2.05) is 6.07 Å². The molecule has 1 aromatic carbocycles. The van der Waals surface area contributed by atoms with Gasteiger partial charge in [-0.3, -0.25) is 9.59 Å². The highest BCUT2D eigenvalue weighted by atomic mass is 16.6. The smallest absolute Gasteiger partial charge is 0.347 e. The van der Waals surface area contributed by atoms with Crippen molar-refractivity contribution in [1.29, 1.82) is 0 Å². The molecule has 2 atom stereocenters. The number of carbonyl (C=O) groups excluding carboxylic acids is 1. The first kappa shape index (κ1) is 16.4. The number of benzene rings is 1. The molecule has 0 amide bonds. The average molecular weight is 296 g/mol. The Morgan fingerprint density at radius 3 is 2.24 bits per heavy atom. The maximum atomic E-state index is 11.7. The SMILES string of the molecule is CN(CC(=O)OC(C(=O)O)[C@H](N)C(=O)O)c1ccccc1. The first-order valence-electron chi connectivity index (χ1n) is 5.99. The highest BCUT2D eigenvalue weighted by Gasteiger charge is 2.34. The van der Waals surface area contributed by atoms with Crippen molar-refractivity contribution in [3.63, 3.8) is 0 Å². The topological polar surface area (TPSA) is 130 Å². The van der Waals surface area contributed by atoms with Crippen LogP contribution in [0.1, 0.15) is 0 Å². The second-order valence-corrected chi connectivity index (χ2v) is 4.30. The van der Waals surface area contributed by atoms with Gasteiger partial charge < -0.3 is 25.6 Å². The molecule has 1 rings (SSSR count). The summed E-state index contributed by atoms with van der Waals surface area (Å²) in [6.45, 7) is -0.236. The van der Waals surface area contributed by atoms with E-state index in [1.165, 1.54) is 4.90 Å². The maximum absolute atomic E-state index is 11.7. The molecule has 114 valence electrons. The first-order chi connectivity index (χ1) is 9.82. The summed E-state index contributed by atoms with van der Waals surface area (Å²) in [5, 5.41) is 17.5. The van der Waals surface area contributed by atoms with E-state index in [-0.39, 0.29) is 6.54 Å². The minimum Gasteiger partial charge on any atom is -0.480 e. The summed E-state index contributed by atoms with van der Waals surface area (Å²) < 4.78 is 4.64. The second-order valence-electron chi connectivity index (χ2n) is 4.30. The van der Waals surface area contributed by atoms with Crippen molar-refractivity contribution in [2.24, 2.45) is 5.73 Å². The Hall–Kier alpha value is -2.61. The molecule has 0 bridgehead atoms. The summed E-state index contributed by atoms with van der Waals surface area (Å²) in [4.78, 5) is 34.8. The zero-order chi connectivity index (χ0) is 16.0. The van der Waals surface area contributed by atoms with E-state index in [2.05, 4.69) is 4.74 Å². The number of nitrogens with zero attached hydrogens (tertiary/aromatic N) is 1. The Kier molecular flexibility index (Phi) is 5.67. The number of aliphatic carboxylic acids is 2. The molecule has 0 aliphatic rings. The van der Waals surface area contributed by atoms with E-state index >= 15 is 0 Å². The van der Waals surface area contributed by atoms with Crippen LogP contribution in [0, 0.1) is 0 Å². The Balaban J connectivity index is 2.66. The van der Waals surface area contributed by atoms with Gasteiger partial charge in [-0.25, -0.2) is 4.79 Å². The lowest BCUT2D eigenvalue weighted by atomic mass is 10.2. The third-order valence-electron chi connectivity index (χ3n) is 2.68. The first-order valence-corrected chi connectivity index (χ1v) is 5.99. The van der Waals surface area contributed by atoms with Crippen molar-refractivity contribution in [2.45, 2.75) is 12.1 Å². The van der Waals surface area contributed by atoms with E-state index in [0.717, 1.165) is 5.69 Å². The van der Waals surface area contributed by atoms with Crippen LogP contribution in [0.4, 0.5) is 5.69 Å². The zero-order valence-corrected chi connectivity index (χ0v) is 11.3. The number of esters is 1. The van der Waals surface area contributed by atoms with Gasteiger partial charge in [-0.1, -0.05) is 18.2 Å². The Morgan fingerprint density at radius 1 is 1.19 bits per heavy atom. The second kappa shape index (κ2) is 7.25. The number of carboxylic acid groups (broad SMARTS) is 2. The summed E-state index contributed by atoms with van der Waals surface area (Å²) in [5.41, 5.74) is 5.91. The number of para-hydroxylation sites is 1. The molecular weight excluding hydrogens is 280 g/mol. The van der Waals surface area contributed by atoms with E-state index in [9.17, 15) is 14.4 Å². The Morgan fingerprint density at radius 2 is 1.76 bits per heavy atom. The van der Waals surface area contributed by atoms with Gasteiger partial charge in [0.25, 0.3) is 0 Å². The molecule has 8 nitrogen and oxygen atoms in total. The fourth-order valence-electron chi connectivity index (χ4n) is 1.55. The lowest BCUT2D eigenvalue weighted by molar-refractivity contribution is -0.168. The standard InChI is InChI=1S/C13H16N2O6/c1-15(8-5-3-2-4-6-8)7-9(16)21-11(13(19)20)10(14)12(17)18/h2-6,10-11H,7,14H2,1H3,(H,17,18)(H,19,20)/t10-,11?/m0/s1. The lowest BCUT2D eigenvalue weighted by Gasteiger charge is -2.21. The van der Waals surface area contributed by atoms with Gasteiger partial charge >= 0.3 is 17.9 Å². The maximum Gasteiger partial charge on any atom is 0.347 e. The summed E-state index contributed by atoms with van der Waals surface area (Å²) in [6.07, 6.45) is -1.93. The van der Waals surface area contributed by atoms with Crippen LogP contribution in [0.5, 0.6) is 0 Å². The van der Waals surface area contributed by atoms with Gasteiger partial charge in [0.1, 0.15) is 6.54 Å². The van der Waals surface area contributed by atoms with Crippen molar-refractivity contribution in [2.75, 3.05) is 18.5 Å². The van der Waals surface area contributed by atoms with Crippen molar-refractivity contribution in [1.82, 2.24) is 0 Å². The molecule has 0 radical (unpaired) electrons. The van der Waals surface area contributed by atoms with Crippen LogP contribution in [-0.4, -0.2) is 53.9 Å². The van der Waals surface area contributed by atoms with Gasteiger partial charge in [0.15, 0.2) is 6.04 Å². The van der Waals surface area contributed by atoms with Crippen molar-refractivity contribution in [3.8, 4) is 0 Å². The van der Waals surface area contributed by atoms with Crippen LogP contribution < -0.4 is 10.6 Å². The monoisotopic (exact) mass is 296 g/mol. The Labute approximate surface area is 120 Å². The normalized spacial score (nSPS) is 13.0. The van der Waals surface area contributed by atoms with Gasteiger partial charge in [0, 0.05) is 12.7 Å². The number of carbonyl (C=O) groups is 3. The van der Waals surface area contributed by atoms with Crippen LogP contribution in [0.2, 0.25) is 0 Å². The number of likely N-dealkylation sites (N-methyl/N-ethyl adjacent to an activating group) is 1. The zero-order valence-electron chi connectivity index (χ0n) is 11.3. The molecule has 8 heteroatoms. The highest BCUT2D eigenvalue weighted by molar-refractivity contribution is 5.87. The quantitative estimate of drug-likeness (QED) is 0.576. The summed E-state index contributed by atoms with van der Waals surface area (Å²) in [7, 11) is 1.61. The molecule has 0 saturated carbocycles. The molecule has 0 fully saturated rings. The van der Waals surface area contributed by atoms with E-state index in [0.29, 0.717) is 0 Å². The van der Waals surface area contributed by atoms with Crippen molar-refractivity contribution in [3.05, 3.63) is 30.3 Å².